The molecule has 0 amide bonds. The van der Waals surface area contributed by atoms with Crippen molar-refractivity contribution < 1.29 is 4.39 Å². The quantitative estimate of drug-likeness (QED) is 0.791. The summed E-state index contributed by atoms with van der Waals surface area (Å²) in [5, 5.41) is 3.71. The van der Waals surface area contributed by atoms with E-state index in [0.717, 1.165) is 5.56 Å². The van der Waals surface area contributed by atoms with Crippen molar-refractivity contribution in [3.63, 3.8) is 0 Å². The molecule has 0 aromatic heterocycles. The monoisotopic (exact) mass is 235 g/mol. The number of nitrogens with one attached hydrogen (secondary N) is 1. The lowest BCUT2D eigenvalue weighted by molar-refractivity contribution is 0.619. The molecule has 1 nitrogen and oxygen atoms in total. The van der Waals surface area contributed by atoms with E-state index in [-0.39, 0.29) is 11.2 Å². The smallest absolute Gasteiger partial charge is 0.123 e. The molecule has 14 heavy (non-hydrogen) atoms. The second-order valence-corrected chi connectivity index (χ2v) is 4.30. The van der Waals surface area contributed by atoms with E-state index < -0.39 is 0 Å². The molecule has 0 heterocycles. The molecule has 1 aromatic carbocycles. The van der Waals surface area contributed by atoms with Crippen molar-refractivity contribution in [3.05, 3.63) is 34.6 Å². The number of hydrogen-bond donors (Lipinski definition) is 1. The maximum Gasteiger partial charge on any atom is 0.123 e. The Morgan fingerprint density at radius 1 is 1.50 bits per heavy atom. The highest BCUT2D eigenvalue weighted by Gasteiger charge is 2.02. The lowest BCUT2D eigenvalue weighted by Crippen LogP contribution is -2.20. The summed E-state index contributed by atoms with van der Waals surface area (Å²) in [6.45, 7) is 3.10. The number of hydrogen-bond acceptors (Lipinski definition) is 1. The Morgan fingerprint density at radius 3 is 2.86 bits per heavy atom. The summed E-state index contributed by atoms with van der Waals surface area (Å²) in [6, 6.07) is 4.32. The molecule has 78 valence electrons. The van der Waals surface area contributed by atoms with Crippen LogP contribution in [0.3, 0.4) is 0 Å². The molecule has 0 aliphatic rings. The first-order valence-electron chi connectivity index (χ1n) is 4.38. The Labute approximate surface area is 93.2 Å². The molecule has 0 fully saturated rings. The number of benzene rings is 1. The molecular formula is C10H12Cl2FN. The molecule has 1 aromatic rings. The number of rotatable bonds is 4. The van der Waals surface area contributed by atoms with Gasteiger partial charge < -0.3 is 5.32 Å². The van der Waals surface area contributed by atoms with Crippen LogP contribution in [0.25, 0.3) is 0 Å². The topological polar surface area (TPSA) is 12.0 Å². The predicted octanol–water partition coefficient (Wildman–Crippen LogP) is 3.20. The molecule has 1 unspecified atom stereocenters. The van der Waals surface area contributed by atoms with Gasteiger partial charge in [-0.3, -0.25) is 0 Å². The fourth-order valence-corrected chi connectivity index (χ4v) is 1.38. The minimum atomic E-state index is -0.273. The third kappa shape index (κ3) is 3.82. The zero-order chi connectivity index (χ0) is 10.6. The van der Waals surface area contributed by atoms with Gasteiger partial charge in [0.05, 0.1) is 0 Å². The van der Waals surface area contributed by atoms with Gasteiger partial charge in [-0.05, 0) is 30.7 Å². The highest BCUT2D eigenvalue weighted by molar-refractivity contribution is 6.31. The van der Waals surface area contributed by atoms with Gasteiger partial charge in [-0.2, -0.15) is 0 Å². The van der Waals surface area contributed by atoms with Crippen LogP contribution < -0.4 is 5.32 Å². The van der Waals surface area contributed by atoms with Gasteiger partial charge in [0.1, 0.15) is 5.82 Å². The molecule has 4 heteroatoms. The summed E-state index contributed by atoms with van der Waals surface area (Å²) in [5.41, 5.74) is 0.754. The van der Waals surface area contributed by atoms with Crippen LogP contribution in [0.15, 0.2) is 18.2 Å². The van der Waals surface area contributed by atoms with Crippen LogP contribution in [-0.4, -0.2) is 11.9 Å². The fourth-order valence-electron chi connectivity index (χ4n) is 1.08. The van der Waals surface area contributed by atoms with Crippen LogP contribution in [0.5, 0.6) is 0 Å². The van der Waals surface area contributed by atoms with Crippen molar-refractivity contribution >= 4 is 23.2 Å². The van der Waals surface area contributed by atoms with Gasteiger partial charge in [0.2, 0.25) is 0 Å². The van der Waals surface area contributed by atoms with Gasteiger partial charge in [0.15, 0.2) is 0 Å². The SMILES string of the molecule is CC(Cl)CNCc1cc(F)ccc1Cl. The minimum absolute atomic E-state index is 0.0577. The third-order valence-electron chi connectivity index (χ3n) is 1.75. The van der Waals surface area contributed by atoms with Gasteiger partial charge in [-0.15, -0.1) is 11.6 Å². The Kier molecular flexibility index (Phi) is 4.66. The molecule has 0 aliphatic heterocycles. The van der Waals surface area contributed by atoms with Crippen LogP contribution in [-0.2, 0) is 6.54 Å². The summed E-state index contributed by atoms with van der Waals surface area (Å²) in [7, 11) is 0. The van der Waals surface area contributed by atoms with E-state index in [1.165, 1.54) is 12.1 Å². The first kappa shape index (κ1) is 11.8. The summed E-state index contributed by atoms with van der Waals surface area (Å²) >= 11 is 11.6. The number of alkyl halides is 1. The first-order valence-corrected chi connectivity index (χ1v) is 5.19. The molecule has 0 saturated heterocycles. The zero-order valence-corrected chi connectivity index (χ0v) is 9.37. The Bertz CT molecular complexity index is 302. The Morgan fingerprint density at radius 2 is 2.21 bits per heavy atom. The van der Waals surface area contributed by atoms with Gasteiger partial charge in [-0.1, -0.05) is 11.6 Å². The third-order valence-corrected chi connectivity index (χ3v) is 2.27. The van der Waals surface area contributed by atoms with E-state index >= 15 is 0 Å². The lowest BCUT2D eigenvalue weighted by atomic mass is 10.2. The van der Waals surface area contributed by atoms with E-state index in [2.05, 4.69) is 5.32 Å². The highest BCUT2D eigenvalue weighted by Crippen LogP contribution is 2.16. The molecule has 0 bridgehead atoms. The average molecular weight is 236 g/mol. The second-order valence-electron chi connectivity index (χ2n) is 3.15. The summed E-state index contributed by atoms with van der Waals surface area (Å²) in [6.07, 6.45) is 0. The maximum absolute atomic E-state index is 12.8. The maximum atomic E-state index is 12.8. The number of halogens is 3. The van der Waals surface area contributed by atoms with Crippen molar-refractivity contribution in [2.24, 2.45) is 0 Å². The van der Waals surface area contributed by atoms with Gasteiger partial charge in [0.25, 0.3) is 0 Å². The molecular weight excluding hydrogens is 224 g/mol. The van der Waals surface area contributed by atoms with Crippen molar-refractivity contribution in [2.45, 2.75) is 18.8 Å². The summed E-state index contributed by atoms with van der Waals surface area (Å²) in [5.74, 6) is -0.273. The van der Waals surface area contributed by atoms with Crippen molar-refractivity contribution in [3.8, 4) is 0 Å². The van der Waals surface area contributed by atoms with Gasteiger partial charge in [0, 0.05) is 23.5 Å². The molecule has 1 atom stereocenters. The van der Waals surface area contributed by atoms with Crippen LogP contribution >= 0.6 is 23.2 Å². The molecule has 0 aliphatic carbocycles. The van der Waals surface area contributed by atoms with E-state index in [1.54, 1.807) is 6.07 Å². The van der Waals surface area contributed by atoms with E-state index in [0.29, 0.717) is 18.1 Å². The van der Waals surface area contributed by atoms with Crippen LogP contribution in [0.1, 0.15) is 12.5 Å². The van der Waals surface area contributed by atoms with E-state index in [9.17, 15) is 4.39 Å². The molecule has 0 radical (unpaired) electrons. The van der Waals surface area contributed by atoms with Crippen LogP contribution in [0.4, 0.5) is 4.39 Å². The van der Waals surface area contributed by atoms with Gasteiger partial charge >= 0.3 is 0 Å². The standard InChI is InChI=1S/C10H12Cl2FN/c1-7(11)5-14-6-8-4-9(13)2-3-10(8)12/h2-4,7,14H,5-6H2,1H3. The van der Waals surface area contributed by atoms with Crippen molar-refractivity contribution in [1.82, 2.24) is 5.32 Å². The molecule has 0 saturated carbocycles. The normalized spacial score (nSPS) is 12.9. The van der Waals surface area contributed by atoms with Gasteiger partial charge in [-0.25, -0.2) is 4.39 Å². The largest absolute Gasteiger partial charge is 0.311 e. The zero-order valence-electron chi connectivity index (χ0n) is 7.86. The Balaban J connectivity index is 2.53. The second kappa shape index (κ2) is 5.54. The highest BCUT2D eigenvalue weighted by atomic mass is 35.5. The average Bonchev–Trinajstić information content (AvgIpc) is 2.10. The molecule has 0 spiro atoms. The lowest BCUT2D eigenvalue weighted by Gasteiger charge is -2.07. The van der Waals surface area contributed by atoms with Crippen LogP contribution in [0, 0.1) is 5.82 Å². The summed E-state index contributed by atoms with van der Waals surface area (Å²) in [4.78, 5) is 0. The van der Waals surface area contributed by atoms with Crippen LogP contribution in [0.2, 0.25) is 5.02 Å². The minimum Gasteiger partial charge on any atom is -0.311 e. The van der Waals surface area contributed by atoms with E-state index in [1.807, 2.05) is 6.92 Å². The Hall–Kier alpha value is -0.310. The predicted molar refractivity (Wildman–Crippen MR) is 58.4 cm³/mol. The molecule has 1 rings (SSSR count). The summed E-state index contributed by atoms with van der Waals surface area (Å²) < 4.78 is 12.8. The van der Waals surface area contributed by atoms with Crippen molar-refractivity contribution in [1.29, 1.82) is 0 Å². The fraction of sp³-hybridized carbons (Fsp3) is 0.400. The van der Waals surface area contributed by atoms with Crippen molar-refractivity contribution in [2.75, 3.05) is 6.54 Å². The molecule has 1 N–H and O–H groups in total. The first-order chi connectivity index (χ1) is 6.59. The van der Waals surface area contributed by atoms with E-state index in [4.69, 9.17) is 23.2 Å².